The van der Waals surface area contributed by atoms with Crippen LogP contribution in [0.1, 0.15) is 22.3 Å². The van der Waals surface area contributed by atoms with Crippen LogP contribution in [0.2, 0.25) is 0 Å². The van der Waals surface area contributed by atoms with Crippen LogP contribution < -0.4 is 10.6 Å². The number of carbonyl (C=O) groups excluding carboxylic acids is 4. The molecule has 5 N–H and O–H groups in total. The van der Waals surface area contributed by atoms with Gasteiger partial charge >= 0.3 is 29.8 Å². The van der Waals surface area contributed by atoms with Crippen LogP contribution in [0.4, 0.5) is 0 Å². The molecule has 2 unspecified atom stereocenters. The van der Waals surface area contributed by atoms with E-state index in [0.29, 0.717) is 0 Å². The summed E-state index contributed by atoms with van der Waals surface area (Å²) in [5.41, 5.74) is 2.98. The molecule has 0 bridgehead atoms. The fourth-order valence-corrected chi connectivity index (χ4v) is 6.47. The smallest absolute Gasteiger partial charge is 0.329 e. The van der Waals surface area contributed by atoms with Crippen LogP contribution in [-0.2, 0) is 69.1 Å². The molecule has 0 saturated carbocycles. The first kappa shape index (κ1) is 48.7. The van der Waals surface area contributed by atoms with Crippen LogP contribution in [0, 0.1) is 0 Å². The van der Waals surface area contributed by atoms with Crippen LogP contribution in [0.5, 0.6) is 0 Å². The third-order valence-corrected chi connectivity index (χ3v) is 9.53. The standard InChI is InChI=1S/C46H53N5O12/c52-40(47-38(25-34-13-5-1-6-14-34)45(60)62-32-36-17-9-3-10-18-36)27-50(30-43(56)57)23-21-49(29-42(54)55)22-24-51(31-44(58)59)28-41(53)48-39(26-35-15-7-2-8-16-35)46(61)63-33-37-19-11-4-12-20-37/h1-20,38-39H,21-33H2,(H,47,52)(H,48,53)(H,54,55)(H,56,57)(H,58,59). The van der Waals surface area contributed by atoms with E-state index in [4.69, 9.17) is 9.47 Å². The van der Waals surface area contributed by atoms with Crippen LogP contribution >= 0.6 is 0 Å². The van der Waals surface area contributed by atoms with Crippen molar-refractivity contribution in [2.24, 2.45) is 0 Å². The average Bonchev–Trinajstić information content (AvgIpc) is 3.26. The van der Waals surface area contributed by atoms with Gasteiger partial charge in [-0.2, -0.15) is 0 Å². The number of carboxylic acids is 3. The zero-order valence-corrected chi connectivity index (χ0v) is 34.8. The molecule has 0 heterocycles. The van der Waals surface area contributed by atoms with Crippen molar-refractivity contribution < 1.29 is 58.4 Å². The number of esters is 2. The Morgan fingerprint density at radius 3 is 1.02 bits per heavy atom. The second kappa shape index (κ2) is 26.4. The van der Waals surface area contributed by atoms with E-state index < -0.39 is 86.5 Å². The van der Waals surface area contributed by atoms with E-state index in [1.807, 2.05) is 12.1 Å². The van der Waals surface area contributed by atoms with E-state index in [1.165, 1.54) is 14.7 Å². The third kappa shape index (κ3) is 19.5. The Balaban J connectivity index is 1.38. The van der Waals surface area contributed by atoms with E-state index in [-0.39, 0.29) is 52.2 Å². The molecule has 4 rings (SSSR count). The minimum Gasteiger partial charge on any atom is -0.480 e. The number of aliphatic carboxylic acids is 3. The molecule has 0 aliphatic heterocycles. The van der Waals surface area contributed by atoms with Crippen LogP contribution in [-0.4, -0.2) is 143 Å². The Morgan fingerprint density at radius 1 is 0.413 bits per heavy atom. The molecule has 0 aliphatic rings. The summed E-state index contributed by atoms with van der Waals surface area (Å²) in [7, 11) is 0. The van der Waals surface area contributed by atoms with Gasteiger partial charge in [-0.3, -0.25) is 38.7 Å². The van der Waals surface area contributed by atoms with E-state index >= 15 is 0 Å². The summed E-state index contributed by atoms with van der Waals surface area (Å²) < 4.78 is 11.0. The molecule has 4 aromatic rings. The van der Waals surface area contributed by atoms with E-state index in [0.717, 1.165) is 22.3 Å². The Morgan fingerprint density at radius 2 is 0.698 bits per heavy atom. The summed E-state index contributed by atoms with van der Waals surface area (Å²) in [6, 6.07) is 33.6. The van der Waals surface area contributed by atoms with E-state index in [1.54, 1.807) is 109 Å². The number of benzene rings is 4. The summed E-state index contributed by atoms with van der Waals surface area (Å²) in [4.78, 5) is 92.8. The minimum absolute atomic E-state index is 0.0292. The maximum Gasteiger partial charge on any atom is 0.329 e. The van der Waals surface area contributed by atoms with Crippen molar-refractivity contribution in [2.75, 3.05) is 58.9 Å². The van der Waals surface area contributed by atoms with Gasteiger partial charge in [0.2, 0.25) is 11.8 Å². The molecule has 0 fully saturated rings. The van der Waals surface area contributed by atoms with Crippen LogP contribution in [0.25, 0.3) is 0 Å². The van der Waals surface area contributed by atoms with Gasteiger partial charge in [0.05, 0.1) is 32.7 Å². The number of hydrogen-bond acceptors (Lipinski definition) is 12. The number of carbonyl (C=O) groups is 7. The zero-order chi connectivity index (χ0) is 45.4. The van der Waals surface area contributed by atoms with Crippen molar-refractivity contribution in [3.8, 4) is 0 Å². The molecular weight excluding hydrogens is 815 g/mol. The Labute approximate surface area is 365 Å². The van der Waals surface area contributed by atoms with Gasteiger partial charge in [0.15, 0.2) is 0 Å². The molecule has 4 aromatic carbocycles. The van der Waals surface area contributed by atoms with Gasteiger partial charge in [0.1, 0.15) is 25.3 Å². The molecular formula is C46H53N5O12. The normalized spacial score (nSPS) is 12.0. The predicted molar refractivity (Wildman–Crippen MR) is 229 cm³/mol. The quantitative estimate of drug-likeness (QED) is 0.0515. The first-order valence-corrected chi connectivity index (χ1v) is 20.2. The highest BCUT2D eigenvalue weighted by molar-refractivity contribution is 5.87. The largest absolute Gasteiger partial charge is 0.480 e. The van der Waals surface area contributed by atoms with Crippen LogP contribution in [0.15, 0.2) is 121 Å². The number of rotatable bonds is 28. The lowest BCUT2D eigenvalue weighted by atomic mass is 10.1. The maximum absolute atomic E-state index is 13.4. The van der Waals surface area contributed by atoms with E-state index in [9.17, 15) is 48.9 Å². The van der Waals surface area contributed by atoms with Crippen molar-refractivity contribution in [3.05, 3.63) is 144 Å². The molecule has 334 valence electrons. The highest BCUT2D eigenvalue weighted by Gasteiger charge is 2.27. The van der Waals surface area contributed by atoms with Gasteiger partial charge in [0.25, 0.3) is 0 Å². The Hall–Kier alpha value is -6.95. The fraction of sp³-hybridized carbons (Fsp3) is 0.326. The molecule has 0 aromatic heterocycles. The first-order valence-electron chi connectivity index (χ1n) is 20.2. The number of nitrogens with one attached hydrogen (secondary N) is 2. The summed E-state index contributed by atoms with van der Waals surface area (Å²) in [6.45, 7) is -3.07. The molecule has 17 nitrogen and oxygen atoms in total. The molecule has 17 heteroatoms. The molecule has 0 saturated heterocycles. The number of hydrogen-bond donors (Lipinski definition) is 5. The second-order valence-electron chi connectivity index (χ2n) is 14.7. The van der Waals surface area contributed by atoms with Crippen molar-refractivity contribution >= 4 is 41.7 Å². The van der Waals surface area contributed by atoms with Crippen molar-refractivity contribution in [3.63, 3.8) is 0 Å². The maximum atomic E-state index is 13.4. The first-order chi connectivity index (χ1) is 30.3. The summed E-state index contributed by atoms with van der Waals surface area (Å²) in [5, 5.41) is 34.4. The molecule has 63 heavy (non-hydrogen) atoms. The van der Waals surface area contributed by atoms with E-state index in [2.05, 4.69) is 10.6 Å². The summed E-state index contributed by atoms with van der Waals surface area (Å²) in [6.07, 6.45) is 0.199. The van der Waals surface area contributed by atoms with Crippen molar-refractivity contribution in [2.45, 2.75) is 38.1 Å². The third-order valence-electron chi connectivity index (χ3n) is 9.53. The Bertz CT molecular complexity index is 1940. The number of carboxylic acid groups (broad SMARTS) is 3. The van der Waals surface area contributed by atoms with Crippen LogP contribution in [0.3, 0.4) is 0 Å². The monoisotopic (exact) mass is 867 g/mol. The fourth-order valence-electron chi connectivity index (χ4n) is 6.47. The summed E-state index contributed by atoms with van der Waals surface area (Å²) >= 11 is 0. The molecule has 0 spiro atoms. The van der Waals surface area contributed by atoms with Gasteiger partial charge in [0, 0.05) is 39.0 Å². The Kier molecular flexibility index (Phi) is 20.4. The highest BCUT2D eigenvalue weighted by Crippen LogP contribution is 2.10. The summed E-state index contributed by atoms with van der Waals surface area (Å²) in [5.74, 6) is -6.48. The highest BCUT2D eigenvalue weighted by atomic mass is 16.5. The molecule has 2 amide bonds. The van der Waals surface area contributed by atoms with Gasteiger partial charge in [-0.15, -0.1) is 0 Å². The topological polar surface area (TPSA) is 232 Å². The second-order valence-corrected chi connectivity index (χ2v) is 14.7. The van der Waals surface area contributed by atoms with Gasteiger partial charge < -0.3 is 35.4 Å². The minimum atomic E-state index is -1.26. The lowest BCUT2D eigenvalue weighted by molar-refractivity contribution is -0.149. The SMILES string of the molecule is O=C(O)CN(CCN(CC(=O)O)CC(=O)NC(Cc1ccccc1)C(=O)OCc1ccccc1)CCN(CC(=O)O)CC(=O)NC(Cc1ccccc1)C(=O)OCc1ccccc1. The zero-order valence-electron chi connectivity index (χ0n) is 34.8. The van der Waals surface area contributed by atoms with Crippen molar-refractivity contribution in [1.29, 1.82) is 0 Å². The average molecular weight is 868 g/mol. The molecule has 0 radical (unpaired) electrons. The lowest BCUT2D eigenvalue weighted by Crippen LogP contribution is -2.50. The number of ether oxygens (including phenoxy) is 2. The van der Waals surface area contributed by atoms with Gasteiger partial charge in [-0.1, -0.05) is 121 Å². The predicted octanol–water partition coefficient (Wildman–Crippen LogP) is 2.09. The number of nitrogens with zero attached hydrogens (tertiary/aromatic N) is 3. The number of amides is 2. The molecule has 2 atom stereocenters. The van der Waals surface area contributed by atoms with Gasteiger partial charge in [-0.05, 0) is 22.3 Å². The van der Waals surface area contributed by atoms with Gasteiger partial charge in [-0.25, -0.2) is 9.59 Å². The molecule has 0 aliphatic carbocycles. The lowest BCUT2D eigenvalue weighted by Gasteiger charge is -2.28. The van der Waals surface area contributed by atoms with Crippen molar-refractivity contribution in [1.82, 2.24) is 25.3 Å².